The summed E-state index contributed by atoms with van der Waals surface area (Å²) in [5.41, 5.74) is 0.283. The van der Waals surface area contributed by atoms with E-state index in [1.54, 1.807) is 0 Å². The van der Waals surface area contributed by atoms with Crippen LogP contribution in [0.1, 0.15) is 72.1 Å². The largest absolute Gasteiger partial charge is 0.378 e. The van der Waals surface area contributed by atoms with Gasteiger partial charge in [-0.15, -0.1) is 0 Å². The van der Waals surface area contributed by atoms with Crippen LogP contribution in [0.3, 0.4) is 0 Å². The van der Waals surface area contributed by atoms with Crippen molar-refractivity contribution in [1.82, 2.24) is 10.2 Å². The number of nitrogens with zero attached hydrogens (tertiary/aromatic N) is 1. The standard InChI is InChI=1S/C18H38N2O/c1-6-14-19-17(18(7-2,8-3)20(4)5)13-9-11-16-12-10-15-21-16/h16-17,19H,6-15H2,1-5H3. The zero-order valence-electron chi connectivity index (χ0n) is 15.1. The van der Waals surface area contributed by atoms with E-state index in [2.05, 4.69) is 45.1 Å². The van der Waals surface area contributed by atoms with Gasteiger partial charge in [0.25, 0.3) is 0 Å². The maximum absolute atomic E-state index is 5.77. The molecular weight excluding hydrogens is 260 g/mol. The van der Waals surface area contributed by atoms with Gasteiger partial charge >= 0.3 is 0 Å². The first kappa shape index (κ1) is 18.9. The Morgan fingerprint density at radius 2 is 1.95 bits per heavy atom. The lowest BCUT2D eigenvalue weighted by Gasteiger charge is -2.46. The van der Waals surface area contributed by atoms with Crippen molar-refractivity contribution in [2.75, 3.05) is 27.2 Å². The molecule has 0 amide bonds. The molecule has 0 spiro atoms. The summed E-state index contributed by atoms with van der Waals surface area (Å²) in [4.78, 5) is 2.45. The summed E-state index contributed by atoms with van der Waals surface area (Å²) < 4.78 is 5.77. The Balaban J connectivity index is 2.58. The molecule has 1 fully saturated rings. The van der Waals surface area contributed by atoms with Crippen molar-refractivity contribution in [3.05, 3.63) is 0 Å². The lowest BCUT2D eigenvalue weighted by atomic mass is 9.80. The minimum Gasteiger partial charge on any atom is -0.378 e. The van der Waals surface area contributed by atoms with Crippen molar-refractivity contribution in [1.29, 1.82) is 0 Å². The van der Waals surface area contributed by atoms with E-state index in [1.165, 1.54) is 51.4 Å². The average molecular weight is 299 g/mol. The van der Waals surface area contributed by atoms with Crippen LogP contribution in [0.4, 0.5) is 0 Å². The Bertz CT molecular complexity index is 258. The van der Waals surface area contributed by atoms with E-state index in [-0.39, 0.29) is 5.54 Å². The normalized spacial score (nSPS) is 21.1. The molecule has 3 heteroatoms. The van der Waals surface area contributed by atoms with E-state index < -0.39 is 0 Å². The molecule has 0 radical (unpaired) electrons. The lowest BCUT2D eigenvalue weighted by molar-refractivity contribution is 0.0740. The van der Waals surface area contributed by atoms with Crippen LogP contribution in [0.15, 0.2) is 0 Å². The number of nitrogens with one attached hydrogen (secondary N) is 1. The average Bonchev–Trinajstić information content (AvgIpc) is 2.98. The van der Waals surface area contributed by atoms with E-state index in [1.807, 2.05) is 0 Å². The predicted octanol–water partition coefficient (Wildman–Crippen LogP) is 3.82. The van der Waals surface area contributed by atoms with Crippen molar-refractivity contribution in [2.24, 2.45) is 0 Å². The highest BCUT2D eigenvalue weighted by Crippen LogP contribution is 2.29. The van der Waals surface area contributed by atoms with E-state index in [9.17, 15) is 0 Å². The number of likely N-dealkylation sites (N-methyl/N-ethyl adjacent to an activating group) is 1. The molecule has 2 atom stereocenters. The molecule has 1 aliphatic heterocycles. The molecule has 1 rings (SSSR count). The van der Waals surface area contributed by atoms with Crippen LogP contribution in [0, 0.1) is 0 Å². The van der Waals surface area contributed by atoms with Gasteiger partial charge in [-0.1, -0.05) is 20.8 Å². The summed E-state index contributed by atoms with van der Waals surface area (Å²) in [6.07, 6.45) is 10.5. The summed E-state index contributed by atoms with van der Waals surface area (Å²) in [5.74, 6) is 0. The third-order valence-corrected chi connectivity index (χ3v) is 5.45. The summed E-state index contributed by atoms with van der Waals surface area (Å²) >= 11 is 0. The fraction of sp³-hybridized carbons (Fsp3) is 1.00. The number of hydrogen-bond acceptors (Lipinski definition) is 3. The molecule has 0 bridgehead atoms. The molecule has 1 heterocycles. The SMILES string of the molecule is CCCNC(CCCC1CCCO1)C(CC)(CC)N(C)C. The molecule has 0 saturated carbocycles. The molecule has 0 aliphatic carbocycles. The lowest BCUT2D eigenvalue weighted by Crippen LogP contribution is -2.58. The second-order valence-electron chi connectivity index (χ2n) is 6.78. The van der Waals surface area contributed by atoms with Crippen LogP contribution in [-0.2, 0) is 4.74 Å². The van der Waals surface area contributed by atoms with Crippen LogP contribution >= 0.6 is 0 Å². The Labute approximate surface area is 132 Å². The van der Waals surface area contributed by atoms with Gasteiger partial charge in [-0.2, -0.15) is 0 Å². The van der Waals surface area contributed by atoms with Crippen molar-refractivity contribution in [3.8, 4) is 0 Å². The third kappa shape index (κ3) is 5.22. The van der Waals surface area contributed by atoms with Gasteiger partial charge in [-0.25, -0.2) is 0 Å². The molecule has 3 nitrogen and oxygen atoms in total. The fourth-order valence-corrected chi connectivity index (χ4v) is 3.99. The number of rotatable bonds is 11. The van der Waals surface area contributed by atoms with Crippen molar-refractivity contribution in [2.45, 2.75) is 89.8 Å². The van der Waals surface area contributed by atoms with E-state index in [0.717, 1.165) is 13.2 Å². The highest BCUT2D eigenvalue weighted by atomic mass is 16.5. The first-order valence-corrected chi connectivity index (χ1v) is 9.13. The summed E-state index contributed by atoms with van der Waals surface area (Å²) in [6, 6.07) is 0.587. The van der Waals surface area contributed by atoms with Crippen LogP contribution in [-0.4, -0.2) is 49.8 Å². The van der Waals surface area contributed by atoms with Crippen LogP contribution in [0.5, 0.6) is 0 Å². The second-order valence-corrected chi connectivity index (χ2v) is 6.78. The van der Waals surface area contributed by atoms with Gasteiger partial charge in [0.1, 0.15) is 0 Å². The first-order chi connectivity index (χ1) is 10.1. The van der Waals surface area contributed by atoms with Gasteiger partial charge in [0.2, 0.25) is 0 Å². The molecule has 0 aromatic rings. The third-order valence-electron chi connectivity index (χ3n) is 5.45. The smallest absolute Gasteiger partial charge is 0.0576 e. The number of ether oxygens (including phenoxy) is 1. The van der Waals surface area contributed by atoms with Gasteiger partial charge in [-0.3, -0.25) is 0 Å². The Hall–Kier alpha value is -0.120. The van der Waals surface area contributed by atoms with E-state index >= 15 is 0 Å². The van der Waals surface area contributed by atoms with Crippen LogP contribution in [0.2, 0.25) is 0 Å². The predicted molar refractivity (Wildman–Crippen MR) is 91.9 cm³/mol. The summed E-state index contributed by atoms with van der Waals surface area (Å²) in [6.45, 7) is 9.04. The van der Waals surface area contributed by atoms with Crippen LogP contribution in [0.25, 0.3) is 0 Å². The highest BCUT2D eigenvalue weighted by Gasteiger charge is 2.37. The zero-order valence-corrected chi connectivity index (χ0v) is 15.1. The van der Waals surface area contributed by atoms with Gasteiger partial charge in [0, 0.05) is 18.2 Å². The maximum Gasteiger partial charge on any atom is 0.0576 e. The molecule has 126 valence electrons. The van der Waals surface area contributed by atoms with Crippen molar-refractivity contribution < 1.29 is 4.74 Å². The minimum absolute atomic E-state index is 0.283. The molecule has 2 unspecified atom stereocenters. The molecule has 1 aliphatic rings. The van der Waals surface area contributed by atoms with Crippen molar-refractivity contribution >= 4 is 0 Å². The van der Waals surface area contributed by atoms with Gasteiger partial charge < -0.3 is 15.0 Å². The summed E-state index contributed by atoms with van der Waals surface area (Å²) in [5, 5.41) is 3.84. The van der Waals surface area contributed by atoms with Crippen LogP contribution < -0.4 is 5.32 Å². The molecule has 0 aromatic heterocycles. The molecule has 21 heavy (non-hydrogen) atoms. The Morgan fingerprint density at radius 1 is 1.24 bits per heavy atom. The molecule has 0 aromatic carbocycles. The topological polar surface area (TPSA) is 24.5 Å². The van der Waals surface area contributed by atoms with Gasteiger partial charge in [-0.05, 0) is 72.0 Å². The van der Waals surface area contributed by atoms with Gasteiger partial charge in [0.05, 0.1) is 6.10 Å². The first-order valence-electron chi connectivity index (χ1n) is 9.13. The van der Waals surface area contributed by atoms with Gasteiger partial charge in [0.15, 0.2) is 0 Å². The zero-order chi connectivity index (χ0) is 15.7. The Morgan fingerprint density at radius 3 is 2.43 bits per heavy atom. The Kier molecular flexibility index (Phi) is 8.84. The molecule has 1 saturated heterocycles. The fourth-order valence-electron chi connectivity index (χ4n) is 3.99. The monoisotopic (exact) mass is 298 g/mol. The minimum atomic E-state index is 0.283. The quantitative estimate of drug-likeness (QED) is 0.627. The highest BCUT2D eigenvalue weighted by molar-refractivity contribution is 4.97. The van der Waals surface area contributed by atoms with E-state index in [4.69, 9.17) is 4.74 Å². The van der Waals surface area contributed by atoms with E-state index in [0.29, 0.717) is 12.1 Å². The molecule has 1 N–H and O–H groups in total. The second kappa shape index (κ2) is 9.81. The number of hydrogen-bond donors (Lipinski definition) is 1. The summed E-state index contributed by atoms with van der Waals surface area (Å²) in [7, 11) is 4.49. The maximum atomic E-state index is 5.77. The molecular formula is C18H38N2O. The van der Waals surface area contributed by atoms with Crippen molar-refractivity contribution in [3.63, 3.8) is 0 Å².